The first-order valence-electron chi connectivity index (χ1n) is 11.7. The van der Waals surface area contributed by atoms with Gasteiger partial charge in [-0.15, -0.1) is 0 Å². The van der Waals surface area contributed by atoms with Crippen LogP contribution in [-0.4, -0.2) is 21.3 Å². The molecule has 5 rings (SSSR count). The lowest BCUT2D eigenvalue weighted by atomic mass is 9.96. The molecule has 0 amide bonds. The molecule has 0 aliphatic carbocycles. The van der Waals surface area contributed by atoms with Crippen LogP contribution in [0.1, 0.15) is 41.7 Å². The van der Waals surface area contributed by atoms with Gasteiger partial charge in [-0.3, -0.25) is 4.98 Å². The molecule has 5 nitrogen and oxygen atoms in total. The van der Waals surface area contributed by atoms with Crippen LogP contribution in [-0.2, 0) is 0 Å². The summed E-state index contributed by atoms with van der Waals surface area (Å²) in [5.74, 6) is 0.570. The third-order valence-corrected chi connectivity index (χ3v) is 6.71. The van der Waals surface area contributed by atoms with Gasteiger partial charge in [-0.1, -0.05) is 6.07 Å². The van der Waals surface area contributed by atoms with Crippen molar-refractivity contribution in [3.05, 3.63) is 107 Å². The summed E-state index contributed by atoms with van der Waals surface area (Å²) in [7, 11) is 0. The third-order valence-electron chi connectivity index (χ3n) is 6.40. The van der Waals surface area contributed by atoms with E-state index in [2.05, 4.69) is 39.7 Å². The summed E-state index contributed by atoms with van der Waals surface area (Å²) < 4.78 is 21.4. The van der Waals surface area contributed by atoms with Crippen molar-refractivity contribution >= 4 is 23.0 Å². The number of rotatable bonds is 6. The molecule has 1 saturated heterocycles. The maximum atomic E-state index is 13.6. The third kappa shape index (κ3) is 4.28. The Kier molecular flexibility index (Phi) is 6.26. The molecule has 1 aliphatic heterocycles. The number of benzene rings is 2. The van der Waals surface area contributed by atoms with Crippen LogP contribution in [0.2, 0.25) is 0 Å². The Balaban J connectivity index is 1.63. The highest BCUT2D eigenvalue weighted by atomic mass is 32.1. The van der Waals surface area contributed by atoms with Gasteiger partial charge in [-0.2, -0.15) is 0 Å². The summed E-state index contributed by atoms with van der Waals surface area (Å²) in [6.07, 6.45) is 1.80. The largest absolute Gasteiger partial charge is 0.494 e. The minimum Gasteiger partial charge on any atom is -0.494 e. The second kappa shape index (κ2) is 9.50. The highest BCUT2D eigenvalue weighted by Crippen LogP contribution is 2.44. The van der Waals surface area contributed by atoms with E-state index in [4.69, 9.17) is 17.0 Å². The van der Waals surface area contributed by atoms with Crippen molar-refractivity contribution in [2.75, 3.05) is 11.5 Å². The summed E-state index contributed by atoms with van der Waals surface area (Å²) >= 11 is 5.86. The zero-order valence-corrected chi connectivity index (χ0v) is 20.7. The number of hydrogen-bond acceptors (Lipinski definition) is 3. The van der Waals surface area contributed by atoms with Crippen molar-refractivity contribution < 1.29 is 9.13 Å². The monoisotopic (exact) mass is 486 g/mol. The van der Waals surface area contributed by atoms with Crippen LogP contribution in [0.5, 0.6) is 5.75 Å². The SMILES string of the molecule is CCOc1ccc(N2C(=S)N[C@@H](c3ccccn3)[C@@H]2c2cc(C)n(-c3ccc(F)cc3)c2C)cc1. The van der Waals surface area contributed by atoms with Crippen LogP contribution in [0.3, 0.4) is 0 Å². The van der Waals surface area contributed by atoms with Crippen molar-refractivity contribution in [1.82, 2.24) is 14.9 Å². The highest BCUT2D eigenvalue weighted by molar-refractivity contribution is 7.80. The zero-order valence-electron chi connectivity index (χ0n) is 19.9. The van der Waals surface area contributed by atoms with Crippen molar-refractivity contribution in [1.29, 1.82) is 0 Å². The lowest BCUT2D eigenvalue weighted by molar-refractivity contribution is 0.340. The minimum atomic E-state index is -0.251. The number of halogens is 1. The van der Waals surface area contributed by atoms with Gasteiger partial charge >= 0.3 is 0 Å². The van der Waals surface area contributed by atoms with Gasteiger partial charge in [0.1, 0.15) is 11.6 Å². The molecule has 0 spiro atoms. The van der Waals surface area contributed by atoms with Gasteiger partial charge in [-0.25, -0.2) is 4.39 Å². The van der Waals surface area contributed by atoms with E-state index >= 15 is 0 Å². The fourth-order valence-electron chi connectivity index (χ4n) is 4.89. The fraction of sp³-hybridized carbons (Fsp3) is 0.214. The van der Waals surface area contributed by atoms with Crippen LogP contribution in [0.15, 0.2) is 79.0 Å². The van der Waals surface area contributed by atoms with E-state index in [1.165, 1.54) is 12.1 Å². The van der Waals surface area contributed by atoms with Gasteiger partial charge in [0.2, 0.25) is 0 Å². The molecule has 7 heteroatoms. The number of nitrogens with one attached hydrogen (secondary N) is 1. The zero-order chi connectivity index (χ0) is 24.5. The fourth-order valence-corrected chi connectivity index (χ4v) is 5.24. The van der Waals surface area contributed by atoms with E-state index in [0.717, 1.165) is 39.8 Å². The number of aromatic nitrogens is 2. The number of aryl methyl sites for hydroxylation is 1. The molecule has 1 N–H and O–H groups in total. The summed E-state index contributed by atoms with van der Waals surface area (Å²) in [6, 6.07) is 22.4. The van der Waals surface area contributed by atoms with Gasteiger partial charge in [0.05, 0.1) is 24.4 Å². The van der Waals surface area contributed by atoms with Crippen LogP contribution in [0.4, 0.5) is 10.1 Å². The van der Waals surface area contributed by atoms with E-state index < -0.39 is 0 Å². The molecule has 0 unspecified atom stereocenters. The number of nitrogens with zero attached hydrogens (tertiary/aromatic N) is 3. The second-order valence-corrected chi connectivity index (χ2v) is 8.95. The average Bonchev–Trinajstić information content (AvgIpc) is 3.36. The lowest BCUT2D eigenvalue weighted by Crippen LogP contribution is -2.29. The molecule has 1 aliphatic rings. The Labute approximate surface area is 210 Å². The first-order valence-corrected chi connectivity index (χ1v) is 12.1. The quantitative estimate of drug-likeness (QED) is 0.329. The maximum Gasteiger partial charge on any atom is 0.174 e. The van der Waals surface area contributed by atoms with E-state index in [0.29, 0.717) is 11.7 Å². The predicted molar refractivity (Wildman–Crippen MR) is 141 cm³/mol. The number of pyridine rings is 1. The van der Waals surface area contributed by atoms with Gasteiger partial charge in [0.25, 0.3) is 0 Å². The number of hydrogen-bond donors (Lipinski definition) is 1. The van der Waals surface area contributed by atoms with Crippen LogP contribution >= 0.6 is 12.2 Å². The molecule has 2 atom stereocenters. The van der Waals surface area contributed by atoms with Crippen molar-refractivity contribution in [2.45, 2.75) is 32.9 Å². The Bertz CT molecular complexity index is 1340. The van der Waals surface area contributed by atoms with Crippen LogP contribution < -0.4 is 15.0 Å². The summed E-state index contributed by atoms with van der Waals surface area (Å²) in [5.41, 5.74) is 6.07. The van der Waals surface area contributed by atoms with Crippen molar-refractivity contribution in [2.24, 2.45) is 0 Å². The maximum absolute atomic E-state index is 13.6. The van der Waals surface area contributed by atoms with Crippen molar-refractivity contribution in [3.8, 4) is 11.4 Å². The second-order valence-electron chi connectivity index (χ2n) is 8.56. The molecule has 0 radical (unpaired) electrons. The van der Waals surface area contributed by atoms with Gasteiger partial charge in [0.15, 0.2) is 5.11 Å². The molecule has 0 saturated carbocycles. The molecule has 4 aromatic rings. The van der Waals surface area contributed by atoms with Gasteiger partial charge in [0, 0.05) is 29.0 Å². The Morgan fingerprint density at radius 1 is 1.00 bits per heavy atom. The highest BCUT2D eigenvalue weighted by Gasteiger charge is 2.42. The molecule has 178 valence electrons. The Morgan fingerprint density at radius 2 is 1.71 bits per heavy atom. The first kappa shape index (κ1) is 23.1. The molecular weight excluding hydrogens is 459 g/mol. The summed E-state index contributed by atoms with van der Waals surface area (Å²) in [4.78, 5) is 6.80. The number of thiocarbonyl (C=S) groups is 1. The van der Waals surface area contributed by atoms with Crippen LogP contribution in [0, 0.1) is 19.7 Å². The molecule has 1 fully saturated rings. The van der Waals surface area contributed by atoms with Gasteiger partial charge in [-0.05, 0) is 105 Å². The Morgan fingerprint density at radius 3 is 2.37 bits per heavy atom. The first-order chi connectivity index (χ1) is 17.0. The van der Waals surface area contributed by atoms with E-state index in [1.54, 1.807) is 18.3 Å². The molecular formula is C28H27FN4OS. The smallest absolute Gasteiger partial charge is 0.174 e. The molecule has 35 heavy (non-hydrogen) atoms. The predicted octanol–water partition coefficient (Wildman–Crippen LogP) is 6.20. The van der Waals surface area contributed by atoms with E-state index in [9.17, 15) is 4.39 Å². The Hall–Kier alpha value is -3.71. The van der Waals surface area contributed by atoms with E-state index in [1.807, 2.05) is 49.4 Å². The van der Waals surface area contributed by atoms with Gasteiger partial charge < -0.3 is 19.5 Å². The molecule has 3 heterocycles. The topological polar surface area (TPSA) is 42.3 Å². The lowest BCUT2D eigenvalue weighted by Gasteiger charge is -2.28. The van der Waals surface area contributed by atoms with E-state index in [-0.39, 0.29) is 17.9 Å². The summed E-state index contributed by atoms with van der Waals surface area (Å²) in [5, 5.41) is 4.16. The summed E-state index contributed by atoms with van der Waals surface area (Å²) in [6.45, 7) is 6.75. The molecule has 2 aromatic heterocycles. The average molecular weight is 487 g/mol. The minimum absolute atomic E-state index is 0.129. The molecule has 2 aromatic carbocycles. The number of anilines is 1. The molecule has 0 bridgehead atoms. The standard InChI is InChI=1S/C28H27FN4OS/c1-4-34-23-14-12-22(13-15-23)33-27(26(31-28(33)35)25-7-5-6-16-30-25)24-17-18(2)32(19(24)3)21-10-8-20(29)9-11-21/h5-17,26-27H,4H2,1-3H3,(H,31,35)/t26-,27-/m0/s1. The van der Waals surface area contributed by atoms with Crippen LogP contribution in [0.25, 0.3) is 5.69 Å². The normalized spacial score (nSPS) is 17.5. The van der Waals surface area contributed by atoms with Crippen molar-refractivity contribution in [3.63, 3.8) is 0 Å². The number of ether oxygens (including phenoxy) is 1.